The van der Waals surface area contributed by atoms with Crippen molar-refractivity contribution in [3.05, 3.63) is 0 Å². The van der Waals surface area contributed by atoms with Crippen molar-refractivity contribution in [2.45, 2.75) is 0 Å². The van der Waals surface area contributed by atoms with Crippen molar-refractivity contribution in [2.75, 3.05) is 41.7 Å². The van der Waals surface area contributed by atoms with Crippen LogP contribution in [-0.2, 0) is 14.3 Å². The Bertz CT molecular complexity index is 106. The van der Waals surface area contributed by atoms with Crippen LogP contribution < -0.4 is 0 Å². The summed E-state index contributed by atoms with van der Waals surface area (Å²) in [5, 5.41) is 7.79. The van der Waals surface area contributed by atoms with E-state index in [0.29, 0.717) is 6.73 Å². The zero-order valence-electron chi connectivity index (χ0n) is 8.03. The third-order valence-electron chi connectivity index (χ3n) is 0.655. The largest absolute Gasteiger partial charge is 0.480 e. The van der Waals surface area contributed by atoms with Crippen LogP contribution in [0, 0.1) is 0 Å². The third kappa shape index (κ3) is 22.8. The van der Waals surface area contributed by atoms with Crippen LogP contribution in [0.2, 0.25) is 0 Å². The zero-order valence-corrected chi connectivity index (χ0v) is 8.03. The molecule has 5 heteroatoms. The topological polar surface area (TPSA) is 59.0 Å². The molecule has 0 aliphatic heterocycles. The molecule has 0 saturated carbocycles. The van der Waals surface area contributed by atoms with Crippen LogP contribution in [0.4, 0.5) is 0 Å². The number of ether oxygens (including phenoxy) is 2. The fourth-order valence-electron chi connectivity index (χ4n) is 0.382. The molecule has 0 bridgehead atoms. The molecule has 0 saturated heterocycles. The number of hydrogen-bond donors (Lipinski definition) is 1. The van der Waals surface area contributed by atoms with E-state index >= 15 is 0 Å². The molecule has 0 unspecified atom stereocenters. The molecule has 0 aliphatic carbocycles. The minimum atomic E-state index is -0.933. The van der Waals surface area contributed by atoms with Crippen LogP contribution >= 0.6 is 0 Å². The predicted molar refractivity (Wildman–Crippen MR) is 45.1 cm³/mol. The number of rotatable bonds is 4. The minimum Gasteiger partial charge on any atom is -0.480 e. The van der Waals surface area contributed by atoms with Crippen LogP contribution in [0.15, 0.2) is 0 Å². The molecule has 0 heterocycles. The van der Waals surface area contributed by atoms with Gasteiger partial charge < -0.3 is 14.6 Å². The summed E-state index contributed by atoms with van der Waals surface area (Å²) < 4.78 is 8.93. The summed E-state index contributed by atoms with van der Waals surface area (Å²) in [6.07, 6.45) is 0. The zero-order chi connectivity index (χ0) is 9.98. The van der Waals surface area contributed by atoms with Gasteiger partial charge in [0.1, 0.15) is 6.61 Å². The second-order valence-electron chi connectivity index (χ2n) is 2.32. The summed E-state index contributed by atoms with van der Waals surface area (Å²) in [4.78, 5) is 11.4. The van der Waals surface area contributed by atoms with Crippen molar-refractivity contribution in [2.24, 2.45) is 0 Å². The summed E-state index contributed by atoms with van der Waals surface area (Å²) in [5.74, 6) is -0.933. The Labute approximate surface area is 72.9 Å². The van der Waals surface area contributed by atoms with Crippen molar-refractivity contribution in [1.82, 2.24) is 4.90 Å². The van der Waals surface area contributed by atoms with Gasteiger partial charge in [-0.05, 0) is 14.1 Å². The molecular weight excluding hydrogens is 162 g/mol. The highest BCUT2D eigenvalue weighted by atomic mass is 16.5. The summed E-state index contributed by atoms with van der Waals surface area (Å²) >= 11 is 0. The lowest BCUT2D eigenvalue weighted by molar-refractivity contribution is -0.141. The SMILES string of the molecule is COCC(=O)O.COCN(C)C. The van der Waals surface area contributed by atoms with Gasteiger partial charge in [0.05, 0.1) is 6.73 Å². The number of hydrogen-bond acceptors (Lipinski definition) is 4. The lowest BCUT2D eigenvalue weighted by atomic mass is 10.8. The van der Waals surface area contributed by atoms with Crippen molar-refractivity contribution in [3.8, 4) is 0 Å². The van der Waals surface area contributed by atoms with Gasteiger partial charge in [-0.25, -0.2) is 4.79 Å². The summed E-state index contributed by atoms with van der Waals surface area (Å²) in [5.41, 5.74) is 0. The predicted octanol–water partition coefficient (Wildman–Crippen LogP) is -0.131. The van der Waals surface area contributed by atoms with E-state index in [1.54, 1.807) is 7.11 Å². The molecule has 0 rings (SSSR count). The lowest BCUT2D eigenvalue weighted by Gasteiger charge is -2.04. The maximum atomic E-state index is 9.47. The number of carbonyl (C=O) groups is 1. The smallest absolute Gasteiger partial charge is 0.329 e. The highest BCUT2D eigenvalue weighted by Crippen LogP contribution is 1.68. The monoisotopic (exact) mass is 179 g/mol. The van der Waals surface area contributed by atoms with E-state index in [0.717, 1.165) is 0 Å². The summed E-state index contributed by atoms with van der Waals surface area (Å²) in [6, 6.07) is 0. The Morgan fingerprint density at radius 1 is 1.33 bits per heavy atom. The Hall–Kier alpha value is -0.650. The van der Waals surface area contributed by atoms with Gasteiger partial charge in [0.25, 0.3) is 0 Å². The van der Waals surface area contributed by atoms with Crippen LogP contribution in [0.5, 0.6) is 0 Å². The maximum Gasteiger partial charge on any atom is 0.329 e. The Balaban J connectivity index is 0. The van der Waals surface area contributed by atoms with Gasteiger partial charge in [0, 0.05) is 14.2 Å². The average Bonchev–Trinajstić information content (AvgIpc) is 1.87. The molecule has 0 atom stereocenters. The fraction of sp³-hybridized carbons (Fsp3) is 0.857. The van der Waals surface area contributed by atoms with Crippen molar-refractivity contribution in [3.63, 3.8) is 0 Å². The van der Waals surface area contributed by atoms with E-state index in [-0.39, 0.29) is 6.61 Å². The van der Waals surface area contributed by atoms with E-state index < -0.39 is 5.97 Å². The van der Waals surface area contributed by atoms with Crippen molar-refractivity contribution in [1.29, 1.82) is 0 Å². The molecule has 74 valence electrons. The molecule has 0 radical (unpaired) electrons. The number of carboxylic acid groups (broad SMARTS) is 1. The first-order valence-corrected chi connectivity index (χ1v) is 3.39. The number of carboxylic acids is 1. The quantitative estimate of drug-likeness (QED) is 0.609. The second-order valence-corrected chi connectivity index (χ2v) is 2.32. The van der Waals surface area contributed by atoms with Gasteiger partial charge in [-0.15, -0.1) is 0 Å². The average molecular weight is 179 g/mol. The van der Waals surface area contributed by atoms with Crippen LogP contribution in [0.25, 0.3) is 0 Å². The Kier molecular flexibility index (Phi) is 12.0. The molecule has 0 amide bonds. The number of nitrogens with zero attached hydrogens (tertiary/aromatic N) is 1. The molecular formula is C7H17NO4. The molecule has 1 N–H and O–H groups in total. The molecule has 0 aromatic rings. The van der Waals surface area contributed by atoms with Crippen LogP contribution in [0.1, 0.15) is 0 Å². The minimum absolute atomic E-state index is 0.208. The Morgan fingerprint density at radius 2 is 1.83 bits per heavy atom. The summed E-state index contributed by atoms with van der Waals surface area (Å²) in [7, 11) is 6.95. The first-order valence-electron chi connectivity index (χ1n) is 3.39. The van der Waals surface area contributed by atoms with E-state index in [9.17, 15) is 4.79 Å². The number of aliphatic carboxylic acids is 1. The van der Waals surface area contributed by atoms with E-state index in [2.05, 4.69) is 4.74 Å². The maximum absolute atomic E-state index is 9.47. The van der Waals surface area contributed by atoms with Crippen LogP contribution in [-0.4, -0.2) is 57.6 Å². The molecule has 12 heavy (non-hydrogen) atoms. The molecule has 5 nitrogen and oxygen atoms in total. The first kappa shape index (κ1) is 13.9. The van der Waals surface area contributed by atoms with Gasteiger partial charge in [0.2, 0.25) is 0 Å². The molecule has 0 spiro atoms. The molecule has 0 fully saturated rings. The second kappa shape index (κ2) is 10.3. The van der Waals surface area contributed by atoms with E-state index in [1.807, 2.05) is 19.0 Å². The van der Waals surface area contributed by atoms with Gasteiger partial charge >= 0.3 is 5.97 Å². The lowest BCUT2D eigenvalue weighted by Crippen LogP contribution is -2.13. The van der Waals surface area contributed by atoms with E-state index in [1.165, 1.54) is 7.11 Å². The molecule has 0 aromatic heterocycles. The Morgan fingerprint density at radius 3 is 1.83 bits per heavy atom. The van der Waals surface area contributed by atoms with E-state index in [4.69, 9.17) is 9.84 Å². The fourth-order valence-corrected chi connectivity index (χ4v) is 0.382. The van der Waals surface area contributed by atoms with Gasteiger partial charge in [-0.2, -0.15) is 0 Å². The van der Waals surface area contributed by atoms with Gasteiger partial charge in [0.15, 0.2) is 0 Å². The first-order chi connectivity index (χ1) is 5.54. The van der Waals surface area contributed by atoms with Crippen LogP contribution in [0.3, 0.4) is 0 Å². The molecule has 0 aliphatic rings. The van der Waals surface area contributed by atoms with Crippen molar-refractivity contribution >= 4 is 5.97 Å². The summed E-state index contributed by atoms with van der Waals surface area (Å²) in [6.45, 7) is 0.500. The highest BCUT2D eigenvalue weighted by Gasteiger charge is 1.87. The highest BCUT2D eigenvalue weighted by molar-refractivity contribution is 5.67. The molecule has 0 aromatic carbocycles. The third-order valence-corrected chi connectivity index (χ3v) is 0.655. The van der Waals surface area contributed by atoms with Gasteiger partial charge in [-0.1, -0.05) is 0 Å². The van der Waals surface area contributed by atoms with Crippen molar-refractivity contribution < 1.29 is 19.4 Å². The standard InChI is InChI=1S/C4H11NO.C3H6O3/c1-5(2)4-6-3;1-6-2-3(4)5/h4H2,1-3H3;2H2,1H3,(H,4,5). The normalized spacial score (nSPS) is 9.08. The van der Waals surface area contributed by atoms with Gasteiger partial charge in [-0.3, -0.25) is 4.90 Å². The number of methoxy groups -OCH3 is 2.